The van der Waals surface area contributed by atoms with Gasteiger partial charge < -0.3 is 9.64 Å². The Labute approximate surface area is 135 Å². The molecule has 0 saturated carbocycles. The number of hydrogen-bond donors (Lipinski definition) is 1. The van der Waals surface area contributed by atoms with Crippen molar-refractivity contribution in [2.75, 3.05) is 19.7 Å². The van der Waals surface area contributed by atoms with Crippen LogP contribution in [-0.4, -0.2) is 57.4 Å². The fourth-order valence-corrected chi connectivity index (χ4v) is 2.80. The number of benzene rings is 1. The number of amides is 1. The van der Waals surface area contributed by atoms with Crippen molar-refractivity contribution in [2.24, 2.45) is 10.2 Å². The molecule has 1 amide bonds. The monoisotopic (exact) mass is 330 g/mol. The number of carbonyl (C=O) groups is 1. The zero-order chi connectivity index (χ0) is 16.9. The van der Waals surface area contributed by atoms with Crippen LogP contribution in [0.2, 0.25) is 0 Å². The average molecular weight is 330 g/mol. The molecular weight excluding hydrogens is 316 g/mol. The smallest absolute Gasteiger partial charge is 0.275 e. The second-order valence-electron chi connectivity index (χ2n) is 5.96. The number of nitrogens with one attached hydrogen (secondary N) is 1. The topological polar surface area (TPSA) is 126 Å². The number of non-ortho nitro benzene ring substituents is 1. The summed E-state index contributed by atoms with van der Waals surface area (Å²) in [5, 5.41) is 26.1. The summed E-state index contributed by atoms with van der Waals surface area (Å²) >= 11 is 0. The van der Waals surface area contributed by atoms with Crippen LogP contribution in [0.25, 0.3) is 10.9 Å². The second-order valence-corrected chi connectivity index (χ2v) is 5.96. The molecule has 0 radical (unpaired) electrons. The van der Waals surface area contributed by atoms with Crippen molar-refractivity contribution in [2.45, 2.75) is 18.7 Å². The molecule has 1 aromatic carbocycles. The number of nitro benzene ring substituents is 1. The Bertz CT molecular complexity index is 869. The van der Waals surface area contributed by atoms with Crippen LogP contribution in [0.3, 0.4) is 0 Å². The summed E-state index contributed by atoms with van der Waals surface area (Å²) in [6.07, 6.45) is -0.283. The van der Waals surface area contributed by atoms with E-state index in [2.05, 4.69) is 20.4 Å². The first-order valence-corrected chi connectivity index (χ1v) is 7.45. The van der Waals surface area contributed by atoms with Gasteiger partial charge in [0.25, 0.3) is 11.6 Å². The average Bonchev–Trinajstić information content (AvgIpc) is 3.21. The number of ether oxygens (including phenoxy) is 1. The van der Waals surface area contributed by atoms with E-state index in [1.807, 2.05) is 6.92 Å². The van der Waals surface area contributed by atoms with Crippen molar-refractivity contribution in [3.8, 4) is 0 Å². The maximum absolute atomic E-state index is 12.8. The summed E-state index contributed by atoms with van der Waals surface area (Å²) in [5.41, 5.74) is 0.0868. The minimum Gasteiger partial charge on any atom is -0.370 e. The van der Waals surface area contributed by atoms with Gasteiger partial charge in [-0.05, 0) is 13.0 Å². The van der Waals surface area contributed by atoms with E-state index in [0.717, 1.165) is 0 Å². The van der Waals surface area contributed by atoms with Crippen molar-refractivity contribution >= 4 is 22.5 Å². The van der Waals surface area contributed by atoms with E-state index in [9.17, 15) is 14.9 Å². The molecule has 24 heavy (non-hydrogen) atoms. The Morgan fingerprint density at radius 2 is 2.29 bits per heavy atom. The summed E-state index contributed by atoms with van der Waals surface area (Å²) in [6.45, 7) is 3.01. The van der Waals surface area contributed by atoms with E-state index >= 15 is 0 Å². The third-order valence-corrected chi connectivity index (χ3v) is 4.34. The summed E-state index contributed by atoms with van der Waals surface area (Å²) in [6, 6.07) is 4.27. The van der Waals surface area contributed by atoms with Crippen molar-refractivity contribution < 1.29 is 14.5 Å². The third-order valence-electron chi connectivity index (χ3n) is 4.34. The Hall–Kier alpha value is -2.88. The first-order valence-electron chi connectivity index (χ1n) is 7.45. The van der Waals surface area contributed by atoms with Crippen LogP contribution in [0.15, 0.2) is 28.4 Å². The van der Waals surface area contributed by atoms with Gasteiger partial charge in [0.05, 0.1) is 23.6 Å². The summed E-state index contributed by atoms with van der Waals surface area (Å²) < 4.78 is 5.64. The molecule has 10 nitrogen and oxygen atoms in total. The van der Waals surface area contributed by atoms with Crippen molar-refractivity contribution in [3.63, 3.8) is 0 Å². The quantitative estimate of drug-likeness (QED) is 0.674. The van der Waals surface area contributed by atoms with Gasteiger partial charge in [-0.3, -0.25) is 20.0 Å². The summed E-state index contributed by atoms with van der Waals surface area (Å²) in [7, 11) is 0. The molecule has 1 atom stereocenters. The van der Waals surface area contributed by atoms with Crippen LogP contribution in [0, 0.1) is 10.1 Å². The Balaban J connectivity index is 1.63. The maximum atomic E-state index is 12.8. The zero-order valence-corrected chi connectivity index (χ0v) is 12.8. The molecule has 10 heteroatoms. The zero-order valence-electron chi connectivity index (χ0n) is 12.8. The lowest BCUT2D eigenvalue weighted by Crippen LogP contribution is -2.50. The highest BCUT2D eigenvalue weighted by Crippen LogP contribution is 2.35. The van der Waals surface area contributed by atoms with Gasteiger partial charge in [0.2, 0.25) is 5.66 Å². The molecule has 2 aliphatic heterocycles. The largest absolute Gasteiger partial charge is 0.370 e. The predicted octanol–water partition coefficient (Wildman–Crippen LogP) is 1.49. The first kappa shape index (κ1) is 14.7. The van der Waals surface area contributed by atoms with E-state index in [-0.39, 0.29) is 23.4 Å². The van der Waals surface area contributed by atoms with Gasteiger partial charge >= 0.3 is 0 Å². The highest BCUT2D eigenvalue weighted by molar-refractivity contribution is 6.05. The summed E-state index contributed by atoms with van der Waals surface area (Å²) in [4.78, 5) is 24.9. The molecule has 2 aromatic rings. The molecule has 0 spiro atoms. The molecule has 0 aliphatic carbocycles. The molecule has 1 fully saturated rings. The lowest BCUT2D eigenvalue weighted by molar-refractivity contribution is -0.384. The highest BCUT2D eigenvalue weighted by atomic mass is 16.6. The standard InChI is InChI=1S/C14H14N6O4/c1-14(17-18-14)11-7-19(4-5-24-11)13(21)12-9-6-8(20(22)23)2-3-10(9)15-16-12/h2-3,6,11H,4-5,7H2,1H3,(H,15,16). The normalized spacial score (nSPS) is 21.9. The fourth-order valence-electron chi connectivity index (χ4n) is 2.80. The molecule has 1 aromatic heterocycles. The molecule has 124 valence electrons. The molecule has 1 N–H and O–H groups in total. The molecule has 2 aliphatic rings. The van der Waals surface area contributed by atoms with E-state index in [1.165, 1.54) is 12.1 Å². The number of morpholine rings is 1. The van der Waals surface area contributed by atoms with Gasteiger partial charge in [0, 0.05) is 24.1 Å². The van der Waals surface area contributed by atoms with Crippen LogP contribution in [0.5, 0.6) is 0 Å². The van der Waals surface area contributed by atoms with Gasteiger partial charge in [0.15, 0.2) is 5.69 Å². The van der Waals surface area contributed by atoms with E-state index in [4.69, 9.17) is 4.74 Å². The molecular formula is C14H14N6O4. The first-order chi connectivity index (χ1) is 11.5. The minimum atomic E-state index is -0.578. The SMILES string of the molecule is CC1(C2CN(C(=O)c3n[nH]c4ccc([N+](=O)[O-])cc34)CCO2)N=N1. The molecule has 3 heterocycles. The number of carbonyl (C=O) groups excluding carboxylic acids is 1. The molecule has 1 unspecified atom stereocenters. The van der Waals surface area contributed by atoms with Crippen LogP contribution in [-0.2, 0) is 4.74 Å². The minimum absolute atomic E-state index is 0.0825. The van der Waals surface area contributed by atoms with Crippen LogP contribution in [0.4, 0.5) is 5.69 Å². The predicted molar refractivity (Wildman–Crippen MR) is 81.7 cm³/mol. The lowest BCUT2D eigenvalue weighted by Gasteiger charge is -2.33. The van der Waals surface area contributed by atoms with Crippen LogP contribution < -0.4 is 0 Å². The molecule has 0 bridgehead atoms. The molecule has 1 saturated heterocycles. The Kier molecular flexibility index (Phi) is 3.10. The maximum Gasteiger partial charge on any atom is 0.275 e. The number of aromatic amines is 1. The van der Waals surface area contributed by atoms with Gasteiger partial charge in [-0.25, -0.2) is 0 Å². The van der Waals surface area contributed by atoms with Crippen molar-refractivity contribution in [1.29, 1.82) is 0 Å². The van der Waals surface area contributed by atoms with E-state index < -0.39 is 10.6 Å². The second kappa shape index (κ2) is 5.06. The van der Waals surface area contributed by atoms with E-state index in [0.29, 0.717) is 30.6 Å². The van der Waals surface area contributed by atoms with Gasteiger partial charge in [0.1, 0.15) is 6.10 Å². The molecule has 4 rings (SSSR count). The van der Waals surface area contributed by atoms with Crippen molar-refractivity contribution in [1.82, 2.24) is 15.1 Å². The summed E-state index contributed by atoms with van der Waals surface area (Å²) in [5.74, 6) is -0.292. The number of nitrogens with zero attached hydrogens (tertiary/aromatic N) is 5. The van der Waals surface area contributed by atoms with Gasteiger partial charge in [-0.1, -0.05) is 0 Å². The van der Waals surface area contributed by atoms with Gasteiger partial charge in [-0.2, -0.15) is 15.3 Å². The number of rotatable bonds is 3. The third kappa shape index (κ3) is 2.31. The number of fused-ring (bicyclic) bond motifs is 1. The number of H-pyrrole nitrogens is 1. The van der Waals surface area contributed by atoms with Gasteiger partial charge in [-0.15, -0.1) is 0 Å². The van der Waals surface area contributed by atoms with E-state index in [1.54, 1.807) is 11.0 Å². The number of aromatic nitrogens is 2. The van der Waals surface area contributed by atoms with Crippen LogP contribution in [0.1, 0.15) is 17.4 Å². The fraction of sp³-hybridized carbons (Fsp3) is 0.429. The van der Waals surface area contributed by atoms with Crippen LogP contribution >= 0.6 is 0 Å². The Morgan fingerprint density at radius 3 is 3.00 bits per heavy atom. The highest BCUT2D eigenvalue weighted by Gasteiger charge is 2.47. The lowest BCUT2D eigenvalue weighted by atomic mass is 10.1. The number of nitro groups is 1. The number of hydrogen-bond acceptors (Lipinski definition) is 7. The Morgan fingerprint density at radius 1 is 1.50 bits per heavy atom. The van der Waals surface area contributed by atoms with Crippen molar-refractivity contribution in [3.05, 3.63) is 34.0 Å².